The Balaban J connectivity index is 2.53. The fourth-order valence-corrected chi connectivity index (χ4v) is 1.74. The maximum atomic E-state index is 6.09. The maximum absolute atomic E-state index is 6.09. The molecule has 0 spiro atoms. The first-order chi connectivity index (χ1) is 6.25. The van der Waals surface area contributed by atoms with E-state index in [4.69, 9.17) is 11.6 Å². The van der Waals surface area contributed by atoms with Gasteiger partial charge in [-0.1, -0.05) is 17.7 Å². The van der Waals surface area contributed by atoms with Crippen molar-refractivity contribution in [3.05, 3.63) is 22.9 Å². The van der Waals surface area contributed by atoms with Gasteiger partial charge in [0.2, 0.25) is 0 Å². The Bertz CT molecular complexity index is 221. The van der Waals surface area contributed by atoms with Crippen LogP contribution < -0.4 is 5.32 Å². The molecular formula is C10H17ClN2. The summed E-state index contributed by atoms with van der Waals surface area (Å²) in [5.74, 6) is 0. The van der Waals surface area contributed by atoms with E-state index in [1.165, 1.54) is 5.70 Å². The quantitative estimate of drug-likeness (QED) is 0.746. The molecule has 0 amide bonds. The van der Waals surface area contributed by atoms with Crippen LogP contribution in [-0.2, 0) is 0 Å². The van der Waals surface area contributed by atoms with E-state index in [1.807, 2.05) is 13.1 Å². The molecule has 0 aromatic rings. The highest BCUT2D eigenvalue weighted by atomic mass is 35.5. The molecule has 74 valence electrons. The highest BCUT2D eigenvalue weighted by Crippen LogP contribution is 2.23. The van der Waals surface area contributed by atoms with Crippen molar-refractivity contribution in [2.24, 2.45) is 0 Å². The lowest BCUT2D eigenvalue weighted by molar-refractivity contribution is 0.398. The van der Waals surface area contributed by atoms with Crippen molar-refractivity contribution < 1.29 is 0 Å². The van der Waals surface area contributed by atoms with Gasteiger partial charge in [-0.25, -0.2) is 0 Å². The van der Waals surface area contributed by atoms with Crippen LogP contribution in [0.25, 0.3) is 0 Å². The highest BCUT2D eigenvalue weighted by Gasteiger charge is 2.10. The Morgan fingerprint density at radius 2 is 2.38 bits per heavy atom. The molecule has 0 saturated heterocycles. The van der Waals surface area contributed by atoms with Crippen molar-refractivity contribution in [1.29, 1.82) is 0 Å². The number of hydrogen-bond acceptors (Lipinski definition) is 2. The van der Waals surface area contributed by atoms with Gasteiger partial charge in [-0.05, 0) is 26.0 Å². The van der Waals surface area contributed by atoms with E-state index in [9.17, 15) is 0 Å². The molecule has 0 aromatic carbocycles. The summed E-state index contributed by atoms with van der Waals surface area (Å²) < 4.78 is 0. The minimum Gasteiger partial charge on any atom is -0.375 e. The van der Waals surface area contributed by atoms with Crippen molar-refractivity contribution in [3.63, 3.8) is 0 Å². The van der Waals surface area contributed by atoms with Gasteiger partial charge in [0.15, 0.2) is 0 Å². The zero-order valence-corrected chi connectivity index (χ0v) is 9.06. The van der Waals surface area contributed by atoms with E-state index in [1.54, 1.807) is 0 Å². The molecule has 0 fully saturated rings. The minimum atomic E-state index is 0.893. The van der Waals surface area contributed by atoms with Gasteiger partial charge in [0.25, 0.3) is 0 Å². The summed E-state index contributed by atoms with van der Waals surface area (Å²) in [5.41, 5.74) is 1.26. The van der Waals surface area contributed by atoms with Crippen LogP contribution in [0.4, 0.5) is 0 Å². The van der Waals surface area contributed by atoms with Gasteiger partial charge < -0.3 is 10.2 Å². The predicted octanol–water partition coefficient (Wildman–Crippen LogP) is 1.94. The van der Waals surface area contributed by atoms with E-state index >= 15 is 0 Å². The monoisotopic (exact) mass is 200 g/mol. The first-order valence-electron chi connectivity index (χ1n) is 4.66. The van der Waals surface area contributed by atoms with Gasteiger partial charge in [0.1, 0.15) is 0 Å². The molecule has 0 aliphatic heterocycles. The molecule has 1 N–H and O–H groups in total. The first kappa shape index (κ1) is 10.6. The molecule has 0 atom stereocenters. The third kappa shape index (κ3) is 3.05. The highest BCUT2D eigenvalue weighted by molar-refractivity contribution is 6.31. The SMILES string of the molecule is CNCCN(C)C1=C(Cl)C=CCC1. The van der Waals surface area contributed by atoms with E-state index in [2.05, 4.69) is 23.3 Å². The number of rotatable bonds is 4. The molecular weight excluding hydrogens is 184 g/mol. The van der Waals surface area contributed by atoms with Gasteiger partial charge >= 0.3 is 0 Å². The van der Waals surface area contributed by atoms with Crippen molar-refractivity contribution in [1.82, 2.24) is 10.2 Å². The fraction of sp³-hybridized carbons (Fsp3) is 0.600. The molecule has 0 heterocycles. The van der Waals surface area contributed by atoms with Gasteiger partial charge in [-0.15, -0.1) is 0 Å². The minimum absolute atomic E-state index is 0.893. The van der Waals surface area contributed by atoms with Crippen LogP contribution in [0.5, 0.6) is 0 Å². The third-order valence-electron chi connectivity index (χ3n) is 2.25. The normalized spacial score (nSPS) is 16.5. The summed E-state index contributed by atoms with van der Waals surface area (Å²) in [6, 6.07) is 0. The Hall–Kier alpha value is -0.470. The molecule has 0 unspecified atom stereocenters. The topological polar surface area (TPSA) is 15.3 Å². The molecule has 2 nitrogen and oxygen atoms in total. The van der Waals surface area contributed by atoms with Crippen molar-refractivity contribution in [2.75, 3.05) is 27.2 Å². The lowest BCUT2D eigenvalue weighted by atomic mass is 10.1. The van der Waals surface area contributed by atoms with Crippen LogP contribution in [0.1, 0.15) is 12.8 Å². The summed E-state index contributed by atoms with van der Waals surface area (Å²) in [5, 5.41) is 4.02. The van der Waals surface area contributed by atoms with E-state index < -0.39 is 0 Å². The van der Waals surface area contributed by atoms with Gasteiger partial charge in [-0.3, -0.25) is 0 Å². The fourth-order valence-electron chi connectivity index (χ4n) is 1.41. The lowest BCUT2D eigenvalue weighted by Gasteiger charge is -2.24. The van der Waals surface area contributed by atoms with Crippen LogP contribution >= 0.6 is 11.6 Å². The molecule has 0 saturated carbocycles. The molecule has 1 rings (SSSR count). The van der Waals surface area contributed by atoms with Crippen LogP contribution in [0.3, 0.4) is 0 Å². The summed E-state index contributed by atoms with van der Waals surface area (Å²) >= 11 is 6.09. The second-order valence-corrected chi connectivity index (χ2v) is 3.67. The molecule has 13 heavy (non-hydrogen) atoms. The Kier molecular flexibility index (Phi) is 4.33. The average molecular weight is 201 g/mol. The Morgan fingerprint density at radius 1 is 1.62 bits per heavy atom. The summed E-state index contributed by atoms with van der Waals surface area (Å²) in [7, 11) is 4.05. The van der Waals surface area contributed by atoms with Crippen LogP contribution in [-0.4, -0.2) is 32.1 Å². The number of halogens is 1. The number of nitrogens with zero attached hydrogens (tertiary/aromatic N) is 1. The summed E-state index contributed by atoms with van der Waals surface area (Å²) in [6.07, 6.45) is 6.29. The van der Waals surface area contributed by atoms with Gasteiger partial charge in [0.05, 0.1) is 5.03 Å². The zero-order chi connectivity index (χ0) is 9.68. The number of allylic oxidation sites excluding steroid dienone is 4. The Morgan fingerprint density at radius 3 is 3.00 bits per heavy atom. The maximum Gasteiger partial charge on any atom is 0.0594 e. The summed E-state index contributed by atoms with van der Waals surface area (Å²) in [4.78, 5) is 2.22. The van der Waals surface area contributed by atoms with Crippen molar-refractivity contribution in [2.45, 2.75) is 12.8 Å². The second-order valence-electron chi connectivity index (χ2n) is 3.26. The molecule has 0 radical (unpaired) electrons. The molecule has 1 aliphatic rings. The second kappa shape index (κ2) is 5.30. The number of nitrogens with one attached hydrogen (secondary N) is 1. The molecule has 3 heteroatoms. The predicted molar refractivity (Wildman–Crippen MR) is 57.8 cm³/mol. The lowest BCUT2D eigenvalue weighted by Crippen LogP contribution is -2.27. The first-order valence-corrected chi connectivity index (χ1v) is 5.04. The molecule has 0 bridgehead atoms. The van der Waals surface area contributed by atoms with E-state index in [-0.39, 0.29) is 0 Å². The number of hydrogen-bond donors (Lipinski definition) is 1. The smallest absolute Gasteiger partial charge is 0.0594 e. The van der Waals surface area contributed by atoms with Crippen LogP contribution in [0, 0.1) is 0 Å². The third-order valence-corrected chi connectivity index (χ3v) is 2.59. The summed E-state index contributed by atoms with van der Waals surface area (Å²) in [6.45, 7) is 2.00. The van der Waals surface area contributed by atoms with E-state index in [0.717, 1.165) is 31.0 Å². The Labute approximate surface area is 85.3 Å². The van der Waals surface area contributed by atoms with Crippen molar-refractivity contribution in [3.8, 4) is 0 Å². The largest absolute Gasteiger partial charge is 0.375 e. The zero-order valence-electron chi connectivity index (χ0n) is 8.31. The standard InChI is InChI=1S/C10H17ClN2/c1-12-7-8-13(2)10-6-4-3-5-9(10)11/h3,5,12H,4,6-8H2,1-2H3. The van der Waals surface area contributed by atoms with Crippen molar-refractivity contribution >= 4 is 11.6 Å². The average Bonchev–Trinajstić information content (AvgIpc) is 2.15. The molecule has 0 aromatic heterocycles. The van der Waals surface area contributed by atoms with Crippen LogP contribution in [0.2, 0.25) is 0 Å². The van der Waals surface area contributed by atoms with Crippen LogP contribution in [0.15, 0.2) is 22.9 Å². The van der Waals surface area contributed by atoms with E-state index in [0.29, 0.717) is 0 Å². The molecule has 1 aliphatic carbocycles. The number of likely N-dealkylation sites (N-methyl/N-ethyl adjacent to an activating group) is 2. The van der Waals surface area contributed by atoms with Gasteiger partial charge in [0, 0.05) is 25.8 Å². The van der Waals surface area contributed by atoms with Gasteiger partial charge in [-0.2, -0.15) is 0 Å².